The molecule has 17 heavy (non-hydrogen) atoms. The van der Waals surface area contributed by atoms with Crippen LogP contribution in [0.3, 0.4) is 0 Å². The number of rotatable bonds is 3. The van der Waals surface area contributed by atoms with E-state index in [9.17, 15) is 4.79 Å². The SMILES string of the molecule is COC(=O)/C=C/c1c(OC)ccc2[nH]ccc12. The van der Waals surface area contributed by atoms with Gasteiger partial charge in [-0.2, -0.15) is 0 Å². The molecule has 2 rings (SSSR count). The van der Waals surface area contributed by atoms with Crippen LogP contribution >= 0.6 is 0 Å². The molecule has 0 spiro atoms. The molecule has 1 N–H and O–H groups in total. The molecular formula is C13H13NO3. The Labute approximate surface area is 98.8 Å². The average molecular weight is 231 g/mol. The number of ether oxygens (including phenoxy) is 2. The number of methoxy groups -OCH3 is 2. The Kier molecular flexibility index (Phi) is 3.14. The van der Waals surface area contributed by atoms with Crippen LogP contribution in [0, 0.1) is 0 Å². The van der Waals surface area contributed by atoms with E-state index in [0.29, 0.717) is 0 Å². The zero-order valence-corrected chi connectivity index (χ0v) is 9.69. The number of benzene rings is 1. The quantitative estimate of drug-likeness (QED) is 0.651. The highest BCUT2D eigenvalue weighted by Crippen LogP contribution is 2.28. The Morgan fingerprint density at radius 3 is 2.82 bits per heavy atom. The van der Waals surface area contributed by atoms with Gasteiger partial charge in [-0.1, -0.05) is 0 Å². The number of hydrogen-bond acceptors (Lipinski definition) is 3. The summed E-state index contributed by atoms with van der Waals surface area (Å²) in [5, 5.41) is 1.00. The van der Waals surface area contributed by atoms with Crippen molar-refractivity contribution in [2.75, 3.05) is 14.2 Å². The third-order valence-corrected chi connectivity index (χ3v) is 2.54. The van der Waals surface area contributed by atoms with Crippen LogP contribution in [0.15, 0.2) is 30.5 Å². The zero-order chi connectivity index (χ0) is 12.3. The summed E-state index contributed by atoms with van der Waals surface area (Å²) in [5.41, 5.74) is 1.85. The van der Waals surface area contributed by atoms with Gasteiger partial charge in [-0.3, -0.25) is 0 Å². The van der Waals surface area contributed by atoms with Gasteiger partial charge in [-0.15, -0.1) is 0 Å². The van der Waals surface area contributed by atoms with Crippen molar-refractivity contribution in [3.8, 4) is 5.75 Å². The summed E-state index contributed by atoms with van der Waals surface area (Å²) >= 11 is 0. The van der Waals surface area contributed by atoms with Crippen molar-refractivity contribution in [1.82, 2.24) is 4.98 Å². The van der Waals surface area contributed by atoms with E-state index >= 15 is 0 Å². The second-order valence-electron chi connectivity index (χ2n) is 3.48. The first-order valence-corrected chi connectivity index (χ1v) is 5.16. The predicted octanol–water partition coefficient (Wildman–Crippen LogP) is 2.36. The fraction of sp³-hybridized carbons (Fsp3) is 0.154. The molecule has 0 aliphatic heterocycles. The van der Waals surface area contributed by atoms with E-state index in [1.54, 1.807) is 13.2 Å². The zero-order valence-electron chi connectivity index (χ0n) is 9.69. The molecule has 0 atom stereocenters. The van der Waals surface area contributed by atoms with Gasteiger partial charge in [0.05, 0.1) is 14.2 Å². The van der Waals surface area contributed by atoms with Crippen molar-refractivity contribution < 1.29 is 14.3 Å². The van der Waals surface area contributed by atoms with Gasteiger partial charge < -0.3 is 14.5 Å². The lowest BCUT2D eigenvalue weighted by Gasteiger charge is -2.05. The van der Waals surface area contributed by atoms with Crippen LogP contribution in [0.25, 0.3) is 17.0 Å². The van der Waals surface area contributed by atoms with Gasteiger partial charge in [0.1, 0.15) is 5.75 Å². The molecule has 2 aromatic rings. The molecule has 0 bridgehead atoms. The Bertz CT molecular complexity index is 569. The highest BCUT2D eigenvalue weighted by Gasteiger charge is 2.06. The van der Waals surface area contributed by atoms with Crippen molar-refractivity contribution in [2.45, 2.75) is 0 Å². The van der Waals surface area contributed by atoms with E-state index in [1.165, 1.54) is 13.2 Å². The molecule has 0 aliphatic rings. The van der Waals surface area contributed by atoms with E-state index < -0.39 is 0 Å². The maximum absolute atomic E-state index is 11.1. The fourth-order valence-corrected chi connectivity index (χ4v) is 1.71. The fourth-order valence-electron chi connectivity index (χ4n) is 1.71. The van der Waals surface area contributed by atoms with Gasteiger partial charge in [0.2, 0.25) is 0 Å². The molecule has 0 saturated heterocycles. The van der Waals surface area contributed by atoms with Crippen LogP contribution in [0.2, 0.25) is 0 Å². The average Bonchev–Trinajstić information content (AvgIpc) is 2.83. The van der Waals surface area contributed by atoms with Crippen molar-refractivity contribution >= 4 is 22.9 Å². The number of esters is 1. The van der Waals surface area contributed by atoms with Crippen LogP contribution in [0.5, 0.6) is 5.75 Å². The Balaban J connectivity index is 2.52. The van der Waals surface area contributed by atoms with E-state index in [-0.39, 0.29) is 5.97 Å². The maximum Gasteiger partial charge on any atom is 0.330 e. The third-order valence-electron chi connectivity index (χ3n) is 2.54. The Hall–Kier alpha value is -2.23. The molecule has 1 aromatic heterocycles. The van der Waals surface area contributed by atoms with Gasteiger partial charge in [0, 0.05) is 28.7 Å². The number of H-pyrrole nitrogens is 1. The molecule has 0 unspecified atom stereocenters. The van der Waals surface area contributed by atoms with E-state index in [0.717, 1.165) is 22.2 Å². The number of fused-ring (bicyclic) bond motifs is 1. The van der Waals surface area contributed by atoms with Crippen LogP contribution in [-0.2, 0) is 9.53 Å². The minimum atomic E-state index is -0.389. The number of hydrogen-bond donors (Lipinski definition) is 1. The normalized spacial score (nSPS) is 10.9. The van der Waals surface area contributed by atoms with Gasteiger partial charge >= 0.3 is 5.97 Å². The first kappa shape index (κ1) is 11.3. The van der Waals surface area contributed by atoms with E-state index in [2.05, 4.69) is 9.72 Å². The summed E-state index contributed by atoms with van der Waals surface area (Å²) in [5.74, 6) is 0.330. The lowest BCUT2D eigenvalue weighted by molar-refractivity contribution is -0.134. The smallest absolute Gasteiger partial charge is 0.330 e. The number of carbonyl (C=O) groups excluding carboxylic acids is 1. The second-order valence-corrected chi connectivity index (χ2v) is 3.48. The third kappa shape index (κ3) is 2.15. The number of aromatic amines is 1. The Morgan fingerprint density at radius 2 is 2.12 bits per heavy atom. The lowest BCUT2D eigenvalue weighted by atomic mass is 10.1. The van der Waals surface area contributed by atoms with Crippen molar-refractivity contribution in [2.24, 2.45) is 0 Å². The first-order valence-electron chi connectivity index (χ1n) is 5.16. The maximum atomic E-state index is 11.1. The molecule has 1 heterocycles. The van der Waals surface area contributed by atoms with Crippen LogP contribution in [-0.4, -0.2) is 25.2 Å². The van der Waals surface area contributed by atoms with Crippen LogP contribution in [0.1, 0.15) is 5.56 Å². The number of carbonyl (C=O) groups is 1. The lowest BCUT2D eigenvalue weighted by Crippen LogP contribution is -1.94. The molecule has 0 amide bonds. The summed E-state index contributed by atoms with van der Waals surface area (Å²) in [4.78, 5) is 14.2. The van der Waals surface area contributed by atoms with Crippen LogP contribution in [0.4, 0.5) is 0 Å². The van der Waals surface area contributed by atoms with Gasteiger partial charge in [-0.05, 0) is 24.3 Å². The standard InChI is InChI=1S/C13H13NO3/c1-16-12-5-4-11-9(7-8-14-11)10(12)3-6-13(15)17-2/h3-8,14H,1-2H3/b6-3+. The molecule has 88 valence electrons. The van der Waals surface area contributed by atoms with Gasteiger partial charge in [-0.25, -0.2) is 4.79 Å². The molecule has 0 saturated carbocycles. The molecule has 0 radical (unpaired) electrons. The number of nitrogens with one attached hydrogen (secondary N) is 1. The monoisotopic (exact) mass is 231 g/mol. The van der Waals surface area contributed by atoms with E-state index in [4.69, 9.17) is 4.74 Å². The summed E-state index contributed by atoms with van der Waals surface area (Å²) in [6, 6.07) is 5.73. The molecule has 1 aromatic carbocycles. The summed E-state index contributed by atoms with van der Waals surface area (Å²) < 4.78 is 9.84. The topological polar surface area (TPSA) is 51.3 Å². The summed E-state index contributed by atoms with van der Waals surface area (Å²) in [7, 11) is 2.95. The second kappa shape index (κ2) is 4.74. The first-order chi connectivity index (χ1) is 8.26. The highest BCUT2D eigenvalue weighted by atomic mass is 16.5. The molecule has 4 heteroatoms. The largest absolute Gasteiger partial charge is 0.496 e. The van der Waals surface area contributed by atoms with Crippen molar-refractivity contribution in [3.05, 3.63) is 36.0 Å². The minimum absolute atomic E-state index is 0.389. The van der Waals surface area contributed by atoms with Gasteiger partial charge in [0.15, 0.2) is 0 Å². The Morgan fingerprint density at radius 1 is 1.29 bits per heavy atom. The molecular weight excluding hydrogens is 218 g/mol. The summed E-state index contributed by atoms with van der Waals surface area (Å²) in [6.45, 7) is 0. The van der Waals surface area contributed by atoms with E-state index in [1.807, 2.05) is 24.4 Å². The van der Waals surface area contributed by atoms with Crippen molar-refractivity contribution in [1.29, 1.82) is 0 Å². The molecule has 4 nitrogen and oxygen atoms in total. The summed E-state index contributed by atoms with van der Waals surface area (Å²) in [6.07, 6.45) is 4.92. The van der Waals surface area contributed by atoms with Crippen molar-refractivity contribution in [3.63, 3.8) is 0 Å². The number of aromatic nitrogens is 1. The minimum Gasteiger partial charge on any atom is -0.496 e. The van der Waals surface area contributed by atoms with Gasteiger partial charge in [0.25, 0.3) is 0 Å². The predicted molar refractivity (Wildman–Crippen MR) is 65.9 cm³/mol. The highest BCUT2D eigenvalue weighted by molar-refractivity contribution is 5.95. The molecule has 0 fully saturated rings. The van der Waals surface area contributed by atoms with Crippen LogP contribution < -0.4 is 4.74 Å². The molecule has 0 aliphatic carbocycles.